The van der Waals surface area contributed by atoms with Crippen molar-refractivity contribution in [3.63, 3.8) is 0 Å². The molecule has 0 saturated heterocycles. The maximum atomic E-state index is 13.5. The Morgan fingerprint density at radius 3 is 2.11 bits per heavy atom. The summed E-state index contributed by atoms with van der Waals surface area (Å²) < 4.78 is 65.0. The normalized spacial score (nSPS) is 14.1. The molecular formula is C13H8BrF5. The molecule has 19 heavy (non-hydrogen) atoms. The van der Waals surface area contributed by atoms with Gasteiger partial charge >= 0.3 is 12.3 Å². The molecule has 2 rings (SSSR count). The van der Waals surface area contributed by atoms with E-state index in [-0.39, 0.29) is 16.3 Å². The number of rotatable bonds is 3. The summed E-state index contributed by atoms with van der Waals surface area (Å²) in [6.45, 7) is 0. The third kappa shape index (κ3) is 2.45. The Balaban J connectivity index is 2.61. The lowest BCUT2D eigenvalue weighted by molar-refractivity contribution is -0.127. The second-order valence-corrected chi connectivity index (χ2v) is 4.94. The van der Waals surface area contributed by atoms with Gasteiger partial charge in [-0.15, -0.1) is 0 Å². The predicted octanol–water partition coefficient (Wildman–Crippen LogP) is 5.32. The molecule has 0 radical (unpaired) electrons. The first kappa shape index (κ1) is 14.2. The fourth-order valence-electron chi connectivity index (χ4n) is 1.82. The number of hydrogen-bond donors (Lipinski definition) is 0. The van der Waals surface area contributed by atoms with E-state index in [4.69, 9.17) is 0 Å². The predicted molar refractivity (Wildman–Crippen MR) is 66.5 cm³/mol. The van der Waals surface area contributed by atoms with Crippen LogP contribution in [0.1, 0.15) is 10.4 Å². The molecule has 0 nitrogen and oxygen atoms in total. The first-order valence-corrected chi connectivity index (χ1v) is 6.24. The summed E-state index contributed by atoms with van der Waals surface area (Å²) in [5.41, 5.74) is -0.0673. The van der Waals surface area contributed by atoms with Gasteiger partial charge in [0.05, 0.1) is 0 Å². The van der Waals surface area contributed by atoms with Gasteiger partial charge in [-0.2, -0.15) is 8.78 Å². The van der Waals surface area contributed by atoms with Gasteiger partial charge in [-0.3, -0.25) is 0 Å². The third-order valence-electron chi connectivity index (χ3n) is 2.81. The van der Waals surface area contributed by atoms with Crippen LogP contribution in [-0.4, -0.2) is 12.3 Å². The molecule has 0 aliphatic carbocycles. The van der Waals surface area contributed by atoms with Crippen molar-refractivity contribution < 1.29 is 22.0 Å². The maximum Gasteiger partial charge on any atom is 0.323 e. The van der Waals surface area contributed by atoms with Crippen molar-refractivity contribution in [2.24, 2.45) is 0 Å². The second-order valence-electron chi connectivity index (χ2n) is 4.02. The van der Waals surface area contributed by atoms with Gasteiger partial charge in [0.1, 0.15) is 10.6 Å². The average Bonchev–Trinajstić information content (AvgIpc) is 2.38. The fraction of sp³-hybridized carbons (Fsp3) is 0.231. The van der Waals surface area contributed by atoms with E-state index >= 15 is 0 Å². The van der Waals surface area contributed by atoms with Crippen molar-refractivity contribution in [2.75, 3.05) is 0 Å². The molecule has 1 atom stereocenters. The van der Waals surface area contributed by atoms with Crippen molar-refractivity contribution >= 4 is 26.7 Å². The highest BCUT2D eigenvalue weighted by atomic mass is 79.9. The van der Waals surface area contributed by atoms with E-state index in [0.717, 1.165) is 12.1 Å². The van der Waals surface area contributed by atoms with Gasteiger partial charge < -0.3 is 0 Å². The maximum absolute atomic E-state index is 13.5. The summed E-state index contributed by atoms with van der Waals surface area (Å²) in [7, 11) is 0. The lowest BCUT2D eigenvalue weighted by atomic mass is 9.99. The van der Waals surface area contributed by atoms with Crippen LogP contribution < -0.4 is 0 Å². The van der Waals surface area contributed by atoms with Crippen LogP contribution in [-0.2, 0) is 0 Å². The molecule has 1 unspecified atom stereocenters. The number of fused-ring (bicyclic) bond motifs is 1. The third-order valence-corrected chi connectivity index (χ3v) is 3.91. The standard InChI is InChI=1S/C13H8BrF5/c14-11(13(18,19)12(16)17)9-5-6-10(15)8-4-2-1-3-7(8)9/h1-6,11-12H. The van der Waals surface area contributed by atoms with Gasteiger partial charge in [-0.05, 0) is 17.0 Å². The highest BCUT2D eigenvalue weighted by Crippen LogP contribution is 2.44. The number of benzene rings is 2. The summed E-state index contributed by atoms with van der Waals surface area (Å²) in [6, 6.07) is 7.99. The molecule has 6 heteroatoms. The molecular weight excluding hydrogens is 331 g/mol. The molecule has 0 fully saturated rings. The van der Waals surface area contributed by atoms with Crippen LogP contribution in [0.2, 0.25) is 0 Å². The minimum atomic E-state index is -4.24. The van der Waals surface area contributed by atoms with Gasteiger partial charge in [0.2, 0.25) is 0 Å². The van der Waals surface area contributed by atoms with E-state index in [2.05, 4.69) is 15.9 Å². The summed E-state index contributed by atoms with van der Waals surface area (Å²) in [6.07, 6.45) is -3.80. The van der Waals surface area contributed by atoms with E-state index in [1.54, 1.807) is 6.07 Å². The van der Waals surface area contributed by atoms with Gasteiger partial charge in [0, 0.05) is 5.39 Å². The molecule has 0 aromatic heterocycles. The second kappa shape index (κ2) is 5.07. The van der Waals surface area contributed by atoms with E-state index < -0.39 is 23.0 Å². The topological polar surface area (TPSA) is 0 Å². The molecule has 0 aliphatic heterocycles. The SMILES string of the molecule is Fc1ccc(C(Br)C(F)(F)C(F)F)c2ccccc12. The zero-order valence-electron chi connectivity index (χ0n) is 9.39. The van der Waals surface area contributed by atoms with Crippen LogP contribution in [0.25, 0.3) is 10.8 Å². The van der Waals surface area contributed by atoms with Crippen LogP contribution in [0.15, 0.2) is 36.4 Å². The van der Waals surface area contributed by atoms with Crippen LogP contribution >= 0.6 is 15.9 Å². The monoisotopic (exact) mass is 338 g/mol. The van der Waals surface area contributed by atoms with Crippen molar-refractivity contribution in [3.05, 3.63) is 47.8 Å². The van der Waals surface area contributed by atoms with Crippen LogP contribution in [0.4, 0.5) is 22.0 Å². The Hall–Kier alpha value is -1.17. The van der Waals surface area contributed by atoms with Gasteiger partial charge in [0.25, 0.3) is 0 Å². The van der Waals surface area contributed by atoms with E-state index in [1.807, 2.05) is 0 Å². The number of hydrogen-bond acceptors (Lipinski definition) is 0. The Kier molecular flexibility index (Phi) is 3.80. The lowest BCUT2D eigenvalue weighted by Gasteiger charge is -2.22. The van der Waals surface area contributed by atoms with Crippen molar-refractivity contribution in [1.29, 1.82) is 0 Å². The van der Waals surface area contributed by atoms with Crippen molar-refractivity contribution in [2.45, 2.75) is 17.2 Å². The van der Waals surface area contributed by atoms with Crippen molar-refractivity contribution in [3.8, 4) is 0 Å². The Morgan fingerprint density at radius 2 is 1.53 bits per heavy atom. The average molecular weight is 339 g/mol. The van der Waals surface area contributed by atoms with E-state index in [9.17, 15) is 22.0 Å². The molecule has 0 heterocycles. The molecule has 0 saturated carbocycles. The van der Waals surface area contributed by atoms with Crippen LogP contribution in [0.3, 0.4) is 0 Å². The van der Waals surface area contributed by atoms with Gasteiger partial charge in [-0.25, -0.2) is 13.2 Å². The zero-order chi connectivity index (χ0) is 14.2. The first-order chi connectivity index (χ1) is 8.85. The number of halogens is 6. The minimum Gasteiger partial charge on any atom is -0.206 e. The Bertz CT molecular complexity index is 597. The molecule has 0 amide bonds. The highest BCUT2D eigenvalue weighted by Gasteiger charge is 2.48. The van der Waals surface area contributed by atoms with Crippen LogP contribution in [0, 0.1) is 5.82 Å². The van der Waals surface area contributed by atoms with Crippen LogP contribution in [0.5, 0.6) is 0 Å². The van der Waals surface area contributed by atoms with Gasteiger partial charge in [0.15, 0.2) is 0 Å². The fourth-order valence-corrected chi connectivity index (χ4v) is 2.42. The quantitative estimate of drug-likeness (QED) is 0.525. The molecule has 0 N–H and O–H groups in total. The van der Waals surface area contributed by atoms with Gasteiger partial charge in [-0.1, -0.05) is 46.3 Å². The summed E-state index contributed by atoms with van der Waals surface area (Å²) in [5.74, 6) is -4.82. The first-order valence-electron chi connectivity index (χ1n) is 5.33. The Morgan fingerprint density at radius 1 is 0.947 bits per heavy atom. The number of alkyl halides is 5. The van der Waals surface area contributed by atoms with E-state index in [0.29, 0.717) is 0 Å². The summed E-state index contributed by atoms with van der Waals surface area (Å²) >= 11 is 2.60. The molecule has 102 valence electrons. The molecule has 0 spiro atoms. The summed E-state index contributed by atoms with van der Waals surface area (Å²) in [5, 5.41) is 0.305. The minimum absolute atomic E-state index is 0.0673. The molecule has 0 bridgehead atoms. The summed E-state index contributed by atoms with van der Waals surface area (Å²) in [4.78, 5) is -1.88. The molecule has 2 aromatic rings. The smallest absolute Gasteiger partial charge is 0.206 e. The lowest BCUT2D eigenvalue weighted by Crippen LogP contribution is -2.31. The largest absolute Gasteiger partial charge is 0.323 e. The molecule has 0 aliphatic rings. The Labute approximate surface area is 114 Å². The van der Waals surface area contributed by atoms with Crippen molar-refractivity contribution in [1.82, 2.24) is 0 Å². The zero-order valence-corrected chi connectivity index (χ0v) is 11.0. The molecule has 2 aromatic carbocycles. The van der Waals surface area contributed by atoms with E-state index in [1.165, 1.54) is 18.2 Å². The highest BCUT2D eigenvalue weighted by molar-refractivity contribution is 9.09.